The number of H-pyrrole nitrogens is 1. The highest BCUT2D eigenvalue weighted by Crippen LogP contribution is 2.15. The van der Waals surface area contributed by atoms with E-state index >= 15 is 0 Å². The number of nitrogens with zero attached hydrogens (tertiary/aromatic N) is 1. The Kier molecular flexibility index (Phi) is 1.79. The molecule has 0 bridgehead atoms. The third-order valence-electron chi connectivity index (χ3n) is 2.07. The van der Waals surface area contributed by atoms with Gasteiger partial charge in [-0.2, -0.15) is 0 Å². The first-order chi connectivity index (χ1) is 6.31. The van der Waals surface area contributed by atoms with Gasteiger partial charge in [0.25, 0.3) is 0 Å². The molecule has 0 aliphatic carbocycles. The lowest BCUT2D eigenvalue weighted by atomic mass is 10.2. The molecule has 0 fully saturated rings. The normalized spacial score (nSPS) is 12.6. The molecule has 1 unspecified atom stereocenters. The number of imidazole rings is 1. The van der Waals surface area contributed by atoms with E-state index in [9.17, 15) is 0 Å². The number of hydrogen-bond acceptors (Lipinski definition) is 1. The summed E-state index contributed by atoms with van der Waals surface area (Å²) < 4.78 is 0. The molecule has 2 nitrogen and oxygen atoms in total. The zero-order valence-electron chi connectivity index (χ0n) is 7.41. The summed E-state index contributed by atoms with van der Waals surface area (Å²) >= 11 is 0. The van der Waals surface area contributed by atoms with Crippen LogP contribution in [0.2, 0.25) is 0 Å². The smallest absolute Gasteiger partial charge is 0.122 e. The third kappa shape index (κ3) is 1.29. The number of aromatic amines is 1. The van der Waals surface area contributed by atoms with Crippen molar-refractivity contribution in [3.8, 4) is 12.3 Å². The van der Waals surface area contributed by atoms with Crippen LogP contribution in [-0.4, -0.2) is 9.97 Å². The molecule has 1 aromatic heterocycles. The van der Waals surface area contributed by atoms with Crippen LogP contribution < -0.4 is 0 Å². The monoisotopic (exact) mass is 170 g/mol. The number of para-hydroxylation sites is 2. The molecule has 0 radical (unpaired) electrons. The van der Waals surface area contributed by atoms with Crippen LogP contribution in [0.15, 0.2) is 24.3 Å². The van der Waals surface area contributed by atoms with Gasteiger partial charge in [-0.05, 0) is 19.1 Å². The molecule has 13 heavy (non-hydrogen) atoms. The van der Waals surface area contributed by atoms with Crippen molar-refractivity contribution in [3.63, 3.8) is 0 Å². The minimum Gasteiger partial charge on any atom is -0.341 e. The molecule has 0 aliphatic rings. The van der Waals surface area contributed by atoms with E-state index in [0.29, 0.717) is 0 Å². The van der Waals surface area contributed by atoms with E-state index in [0.717, 1.165) is 16.9 Å². The zero-order valence-corrected chi connectivity index (χ0v) is 7.41. The summed E-state index contributed by atoms with van der Waals surface area (Å²) in [5, 5.41) is 0. The van der Waals surface area contributed by atoms with Gasteiger partial charge in [0.1, 0.15) is 5.82 Å². The number of hydrogen-bond donors (Lipinski definition) is 1. The molecule has 0 saturated heterocycles. The SMILES string of the molecule is C#CC(C)c1nc2ccccc2[nH]1. The van der Waals surface area contributed by atoms with Crippen LogP contribution in [0, 0.1) is 12.3 Å². The summed E-state index contributed by atoms with van der Waals surface area (Å²) in [6.45, 7) is 1.96. The average molecular weight is 170 g/mol. The van der Waals surface area contributed by atoms with E-state index in [4.69, 9.17) is 6.42 Å². The first-order valence-corrected chi connectivity index (χ1v) is 4.22. The Morgan fingerprint density at radius 1 is 1.46 bits per heavy atom. The molecule has 0 spiro atoms. The molecule has 2 rings (SSSR count). The number of terminal acetylenes is 1. The number of nitrogens with one attached hydrogen (secondary N) is 1. The van der Waals surface area contributed by atoms with Crippen molar-refractivity contribution in [1.82, 2.24) is 9.97 Å². The standard InChI is InChI=1S/C11H10N2/c1-3-8(2)11-12-9-6-4-5-7-10(9)13-11/h1,4-8H,2H3,(H,12,13). The summed E-state index contributed by atoms with van der Waals surface area (Å²) in [5.74, 6) is 3.56. The van der Waals surface area contributed by atoms with Crippen LogP contribution >= 0.6 is 0 Å². The van der Waals surface area contributed by atoms with Gasteiger partial charge in [0.05, 0.1) is 17.0 Å². The molecule has 64 valence electrons. The Balaban J connectivity index is 2.57. The average Bonchev–Trinajstić information content (AvgIpc) is 2.59. The Bertz CT molecular complexity index is 429. The molecule has 1 atom stereocenters. The first kappa shape index (κ1) is 7.88. The molecule has 0 amide bonds. The molecule has 1 aromatic carbocycles. The van der Waals surface area contributed by atoms with E-state index in [1.54, 1.807) is 0 Å². The van der Waals surface area contributed by atoms with Crippen LogP contribution in [0.25, 0.3) is 11.0 Å². The first-order valence-electron chi connectivity index (χ1n) is 4.22. The summed E-state index contributed by atoms with van der Waals surface area (Å²) in [6, 6.07) is 7.91. The largest absolute Gasteiger partial charge is 0.341 e. The van der Waals surface area contributed by atoms with Gasteiger partial charge in [-0.3, -0.25) is 0 Å². The van der Waals surface area contributed by atoms with Crippen molar-refractivity contribution in [2.75, 3.05) is 0 Å². The number of aromatic nitrogens is 2. The summed E-state index contributed by atoms with van der Waals surface area (Å²) in [7, 11) is 0. The fraction of sp³-hybridized carbons (Fsp3) is 0.182. The highest BCUT2D eigenvalue weighted by Gasteiger charge is 2.06. The highest BCUT2D eigenvalue weighted by molar-refractivity contribution is 5.74. The molecule has 1 N–H and O–H groups in total. The van der Waals surface area contributed by atoms with Gasteiger partial charge >= 0.3 is 0 Å². The minimum atomic E-state index is 0.0485. The van der Waals surface area contributed by atoms with Crippen molar-refractivity contribution >= 4 is 11.0 Å². The molecule has 1 heterocycles. The fourth-order valence-electron chi connectivity index (χ4n) is 1.26. The van der Waals surface area contributed by atoms with Crippen LogP contribution in [-0.2, 0) is 0 Å². The van der Waals surface area contributed by atoms with E-state index in [1.807, 2.05) is 31.2 Å². The van der Waals surface area contributed by atoms with Gasteiger partial charge in [-0.1, -0.05) is 18.1 Å². The fourth-order valence-corrected chi connectivity index (χ4v) is 1.26. The van der Waals surface area contributed by atoms with Gasteiger partial charge < -0.3 is 4.98 Å². The Labute approximate surface area is 77.0 Å². The minimum absolute atomic E-state index is 0.0485. The maximum atomic E-state index is 5.32. The van der Waals surface area contributed by atoms with Gasteiger partial charge in [0.15, 0.2) is 0 Å². The predicted octanol–water partition coefficient (Wildman–Crippen LogP) is 2.30. The van der Waals surface area contributed by atoms with E-state index in [1.165, 1.54) is 0 Å². The van der Waals surface area contributed by atoms with Crippen molar-refractivity contribution in [3.05, 3.63) is 30.1 Å². The second-order valence-electron chi connectivity index (χ2n) is 3.03. The Morgan fingerprint density at radius 3 is 2.92 bits per heavy atom. The molecule has 0 aliphatic heterocycles. The van der Waals surface area contributed by atoms with Gasteiger partial charge in [0.2, 0.25) is 0 Å². The van der Waals surface area contributed by atoms with Crippen LogP contribution in [0.3, 0.4) is 0 Å². The third-order valence-corrected chi connectivity index (χ3v) is 2.07. The quantitative estimate of drug-likeness (QED) is 0.653. The lowest BCUT2D eigenvalue weighted by molar-refractivity contribution is 0.906. The van der Waals surface area contributed by atoms with Gasteiger partial charge in [-0.15, -0.1) is 6.42 Å². The maximum absolute atomic E-state index is 5.32. The molecule has 2 aromatic rings. The van der Waals surface area contributed by atoms with Crippen molar-refractivity contribution in [2.45, 2.75) is 12.8 Å². The molecule has 2 heteroatoms. The molecular weight excluding hydrogens is 160 g/mol. The predicted molar refractivity (Wildman–Crippen MR) is 53.3 cm³/mol. The van der Waals surface area contributed by atoms with Crippen LogP contribution in [0.1, 0.15) is 18.7 Å². The van der Waals surface area contributed by atoms with Crippen molar-refractivity contribution in [2.24, 2.45) is 0 Å². The Morgan fingerprint density at radius 2 is 2.23 bits per heavy atom. The van der Waals surface area contributed by atoms with E-state index < -0.39 is 0 Å². The van der Waals surface area contributed by atoms with Crippen LogP contribution in [0.5, 0.6) is 0 Å². The van der Waals surface area contributed by atoms with E-state index in [2.05, 4.69) is 15.9 Å². The summed E-state index contributed by atoms with van der Waals surface area (Å²) in [5.41, 5.74) is 2.01. The maximum Gasteiger partial charge on any atom is 0.122 e. The number of rotatable bonds is 1. The van der Waals surface area contributed by atoms with Crippen molar-refractivity contribution < 1.29 is 0 Å². The van der Waals surface area contributed by atoms with Gasteiger partial charge in [0, 0.05) is 0 Å². The van der Waals surface area contributed by atoms with Gasteiger partial charge in [-0.25, -0.2) is 4.98 Å². The molecular formula is C11H10N2. The second-order valence-corrected chi connectivity index (χ2v) is 3.03. The highest BCUT2D eigenvalue weighted by atomic mass is 14.9. The van der Waals surface area contributed by atoms with Crippen LogP contribution in [0.4, 0.5) is 0 Å². The lowest BCUT2D eigenvalue weighted by Gasteiger charge is -1.95. The molecule has 0 saturated carbocycles. The second kappa shape index (κ2) is 2.95. The Hall–Kier alpha value is -1.75. The topological polar surface area (TPSA) is 28.7 Å². The van der Waals surface area contributed by atoms with E-state index in [-0.39, 0.29) is 5.92 Å². The lowest BCUT2D eigenvalue weighted by Crippen LogP contribution is -1.91. The van der Waals surface area contributed by atoms with Crippen molar-refractivity contribution in [1.29, 1.82) is 0 Å². The summed E-state index contributed by atoms with van der Waals surface area (Å²) in [6.07, 6.45) is 5.32. The number of benzene rings is 1. The zero-order chi connectivity index (χ0) is 9.26. The summed E-state index contributed by atoms with van der Waals surface area (Å²) in [4.78, 5) is 7.58. The number of fused-ring (bicyclic) bond motifs is 1.